The number of ether oxygens (including phenoxy) is 1. The first kappa shape index (κ1) is 14.3. The summed E-state index contributed by atoms with van der Waals surface area (Å²) in [6.07, 6.45) is 4.33. The maximum atomic E-state index is 12.9. The van der Waals surface area contributed by atoms with Gasteiger partial charge in [0, 0.05) is 18.0 Å². The lowest BCUT2D eigenvalue weighted by molar-refractivity contribution is 0.103. The third-order valence-corrected chi connectivity index (χ3v) is 3.58. The van der Waals surface area contributed by atoms with Crippen LogP contribution < -0.4 is 4.74 Å². The Hall–Kier alpha value is -2.69. The summed E-state index contributed by atoms with van der Waals surface area (Å²) in [6.45, 7) is 3.93. The molecule has 3 rings (SSSR count). The highest BCUT2D eigenvalue weighted by Crippen LogP contribution is 2.19. The lowest BCUT2D eigenvalue weighted by atomic mass is 10.1. The molecule has 0 unspecified atom stereocenters. The van der Waals surface area contributed by atoms with Crippen molar-refractivity contribution in [3.8, 4) is 5.75 Å². The van der Waals surface area contributed by atoms with Gasteiger partial charge >= 0.3 is 0 Å². The van der Waals surface area contributed by atoms with E-state index in [0.29, 0.717) is 23.5 Å². The highest BCUT2D eigenvalue weighted by molar-refractivity contribution is 6.09. The maximum Gasteiger partial charge on any atom is 0.234 e. The number of fused-ring (bicyclic) bond motifs is 1. The average molecular weight is 295 g/mol. The second-order valence-electron chi connectivity index (χ2n) is 5.12. The Labute approximate surface area is 128 Å². The fourth-order valence-corrected chi connectivity index (χ4v) is 2.44. The van der Waals surface area contributed by atoms with Crippen LogP contribution in [0.4, 0.5) is 0 Å². The molecule has 5 heteroatoms. The van der Waals surface area contributed by atoms with Crippen LogP contribution in [0.2, 0.25) is 0 Å². The second-order valence-corrected chi connectivity index (χ2v) is 5.12. The molecule has 0 N–H and O–H groups in total. The van der Waals surface area contributed by atoms with Gasteiger partial charge in [-0.15, -0.1) is 0 Å². The summed E-state index contributed by atoms with van der Waals surface area (Å²) in [7, 11) is 1.60. The van der Waals surface area contributed by atoms with E-state index in [0.717, 1.165) is 17.0 Å². The Bertz CT molecular complexity index is 835. The molecule has 1 aromatic carbocycles. The molecule has 0 aliphatic carbocycles. The van der Waals surface area contributed by atoms with E-state index in [9.17, 15) is 4.79 Å². The molecule has 0 aliphatic heterocycles. The number of carbonyl (C=O) groups excluding carboxylic acids is 1. The summed E-state index contributed by atoms with van der Waals surface area (Å²) >= 11 is 0. The first-order valence-corrected chi connectivity index (χ1v) is 7.16. The van der Waals surface area contributed by atoms with Crippen molar-refractivity contribution >= 4 is 11.6 Å². The molecule has 2 aromatic heterocycles. The van der Waals surface area contributed by atoms with Crippen molar-refractivity contribution in [1.82, 2.24) is 14.4 Å². The third-order valence-electron chi connectivity index (χ3n) is 3.58. The zero-order chi connectivity index (χ0) is 15.7. The van der Waals surface area contributed by atoms with Crippen molar-refractivity contribution in [2.45, 2.75) is 20.3 Å². The van der Waals surface area contributed by atoms with Gasteiger partial charge in [-0.1, -0.05) is 6.92 Å². The van der Waals surface area contributed by atoms with Crippen molar-refractivity contribution in [3.05, 3.63) is 59.2 Å². The number of methoxy groups -OCH3 is 1. The Morgan fingerprint density at radius 1 is 1.27 bits per heavy atom. The Kier molecular flexibility index (Phi) is 3.63. The normalized spacial score (nSPS) is 10.9. The summed E-state index contributed by atoms with van der Waals surface area (Å²) in [6, 6.07) is 7.10. The van der Waals surface area contributed by atoms with Crippen LogP contribution in [0, 0.1) is 6.92 Å². The summed E-state index contributed by atoms with van der Waals surface area (Å²) < 4.78 is 6.91. The predicted octanol–water partition coefficient (Wildman–Crippen LogP) is 2.84. The Morgan fingerprint density at radius 2 is 2.00 bits per heavy atom. The van der Waals surface area contributed by atoms with Crippen LogP contribution in [0.3, 0.4) is 0 Å². The molecule has 0 bridgehead atoms. The lowest BCUT2D eigenvalue weighted by Crippen LogP contribution is -2.08. The summed E-state index contributed by atoms with van der Waals surface area (Å²) in [4.78, 5) is 21.6. The van der Waals surface area contributed by atoms with Crippen molar-refractivity contribution in [2.24, 2.45) is 0 Å². The average Bonchev–Trinajstić information content (AvgIpc) is 2.92. The van der Waals surface area contributed by atoms with E-state index < -0.39 is 0 Å². The Balaban J connectivity index is 2.14. The minimum absolute atomic E-state index is 0.0561. The van der Waals surface area contributed by atoms with Crippen molar-refractivity contribution < 1.29 is 9.53 Å². The quantitative estimate of drug-likeness (QED) is 0.694. The number of hydrogen-bond donors (Lipinski definition) is 0. The van der Waals surface area contributed by atoms with E-state index in [-0.39, 0.29) is 5.78 Å². The molecule has 22 heavy (non-hydrogen) atoms. The van der Waals surface area contributed by atoms with Gasteiger partial charge in [0.15, 0.2) is 0 Å². The van der Waals surface area contributed by atoms with E-state index in [4.69, 9.17) is 4.74 Å². The molecule has 0 fully saturated rings. The molecule has 5 nitrogen and oxygen atoms in total. The molecule has 0 aliphatic rings. The Morgan fingerprint density at radius 3 is 2.64 bits per heavy atom. The molecular weight excluding hydrogens is 278 g/mol. The first-order valence-electron chi connectivity index (χ1n) is 7.16. The van der Waals surface area contributed by atoms with Crippen molar-refractivity contribution in [3.63, 3.8) is 0 Å². The summed E-state index contributed by atoms with van der Waals surface area (Å²) in [5, 5.41) is 0. The van der Waals surface area contributed by atoms with Crippen molar-refractivity contribution in [2.75, 3.05) is 7.11 Å². The lowest BCUT2D eigenvalue weighted by Gasteiger charge is -2.05. The SMILES string of the molecule is CCc1nc2ncc(C)cn2c1C(=O)c1ccc(OC)cc1. The number of carbonyl (C=O) groups is 1. The van der Waals surface area contributed by atoms with E-state index in [1.54, 1.807) is 42.0 Å². The summed E-state index contributed by atoms with van der Waals surface area (Å²) in [5.74, 6) is 1.22. The fourth-order valence-electron chi connectivity index (χ4n) is 2.44. The molecule has 3 aromatic rings. The van der Waals surface area contributed by atoms with Crippen LogP contribution in [0.25, 0.3) is 5.78 Å². The zero-order valence-electron chi connectivity index (χ0n) is 12.8. The number of nitrogens with zero attached hydrogens (tertiary/aromatic N) is 3. The van der Waals surface area contributed by atoms with Crippen molar-refractivity contribution in [1.29, 1.82) is 0 Å². The molecule has 2 heterocycles. The number of aromatic nitrogens is 3. The number of aryl methyl sites for hydroxylation is 2. The molecule has 0 atom stereocenters. The van der Waals surface area contributed by atoms with Gasteiger partial charge in [0.2, 0.25) is 11.6 Å². The molecule has 0 spiro atoms. The monoisotopic (exact) mass is 295 g/mol. The highest BCUT2D eigenvalue weighted by Gasteiger charge is 2.20. The van der Waals surface area contributed by atoms with Gasteiger partial charge in [0.1, 0.15) is 11.4 Å². The number of benzene rings is 1. The number of rotatable bonds is 4. The van der Waals surface area contributed by atoms with Crippen LogP contribution in [0.5, 0.6) is 5.75 Å². The van der Waals surface area contributed by atoms with E-state index in [2.05, 4.69) is 9.97 Å². The van der Waals surface area contributed by atoms with E-state index in [1.807, 2.05) is 20.0 Å². The third kappa shape index (κ3) is 2.35. The largest absolute Gasteiger partial charge is 0.497 e. The van der Waals surface area contributed by atoms with Gasteiger partial charge in [0.25, 0.3) is 0 Å². The van der Waals surface area contributed by atoms with Crippen LogP contribution in [0.15, 0.2) is 36.7 Å². The van der Waals surface area contributed by atoms with Crippen LogP contribution in [-0.4, -0.2) is 27.3 Å². The molecule has 0 amide bonds. The van der Waals surface area contributed by atoms with Gasteiger partial charge in [-0.3, -0.25) is 9.20 Å². The molecular formula is C17H17N3O2. The standard InChI is InChI=1S/C17H17N3O2/c1-4-14-15(20-10-11(2)9-18-17(20)19-14)16(21)12-5-7-13(22-3)8-6-12/h5-10H,4H2,1-3H3. The second kappa shape index (κ2) is 5.60. The number of imidazole rings is 1. The van der Waals surface area contributed by atoms with Gasteiger partial charge in [-0.2, -0.15) is 0 Å². The zero-order valence-corrected chi connectivity index (χ0v) is 12.8. The van der Waals surface area contributed by atoms with Gasteiger partial charge in [-0.05, 0) is 43.2 Å². The predicted molar refractivity (Wildman–Crippen MR) is 83.5 cm³/mol. The molecule has 0 saturated carbocycles. The maximum absolute atomic E-state index is 12.9. The first-order chi connectivity index (χ1) is 10.6. The minimum atomic E-state index is -0.0561. The molecule has 112 valence electrons. The summed E-state index contributed by atoms with van der Waals surface area (Å²) in [5.41, 5.74) is 2.94. The van der Waals surface area contributed by atoms with Crippen LogP contribution in [-0.2, 0) is 6.42 Å². The van der Waals surface area contributed by atoms with Gasteiger partial charge < -0.3 is 4.74 Å². The molecule has 0 saturated heterocycles. The highest BCUT2D eigenvalue weighted by atomic mass is 16.5. The van der Waals surface area contributed by atoms with Gasteiger partial charge in [0.05, 0.1) is 12.8 Å². The number of hydrogen-bond acceptors (Lipinski definition) is 4. The minimum Gasteiger partial charge on any atom is -0.497 e. The van der Waals surface area contributed by atoms with E-state index >= 15 is 0 Å². The van der Waals surface area contributed by atoms with Crippen LogP contribution in [0.1, 0.15) is 34.2 Å². The molecule has 0 radical (unpaired) electrons. The van der Waals surface area contributed by atoms with Gasteiger partial charge in [-0.25, -0.2) is 9.97 Å². The van der Waals surface area contributed by atoms with Crippen LogP contribution >= 0.6 is 0 Å². The fraction of sp³-hybridized carbons (Fsp3) is 0.235. The number of ketones is 1. The smallest absolute Gasteiger partial charge is 0.234 e. The topological polar surface area (TPSA) is 56.5 Å². The van der Waals surface area contributed by atoms with E-state index in [1.165, 1.54) is 0 Å².